The molecule has 0 aliphatic rings. The van der Waals surface area contributed by atoms with E-state index in [1.807, 2.05) is 0 Å². The Labute approximate surface area is 75.4 Å². The molecule has 0 aromatic rings. The maximum Gasteiger partial charge on any atom is 0.0932 e. The minimum Gasteiger partial charge on any atom is -0.382 e. The van der Waals surface area contributed by atoms with Crippen molar-refractivity contribution in [1.82, 2.24) is 5.32 Å². The smallest absolute Gasteiger partial charge is 0.0932 e. The molecule has 0 spiro atoms. The highest BCUT2D eigenvalue weighted by atomic mass is 16.5. The molecule has 0 aliphatic carbocycles. The van der Waals surface area contributed by atoms with Crippen LogP contribution in [-0.2, 0) is 9.47 Å². The first-order valence-corrected chi connectivity index (χ1v) is 4.66. The zero-order chi connectivity index (χ0) is 9.23. The second-order valence-electron chi connectivity index (χ2n) is 2.76. The average molecular weight is 175 g/mol. The molecule has 1 unspecified atom stereocenters. The van der Waals surface area contributed by atoms with Crippen molar-refractivity contribution < 1.29 is 9.47 Å². The van der Waals surface area contributed by atoms with Gasteiger partial charge in [0.1, 0.15) is 0 Å². The average Bonchev–Trinajstić information content (AvgIpc) is 2.10. The summed E-state index contributed by atoms with van der Waals surface area (Å²) in [7, 11) is 1.70. The molecule has 0 amide bonds. The van der Waals surface area contributed by atoms with Crippen molar-refractivity contribution in [3.05, 3.63) is 0 Å². The summed E-state index contributed by atoms with van der Waals surface area (Å²) in [6, 6.07) is 0. The molecular formula is C9H21NO2. The second-order valence-corrected chi connectivity index (χ2v) is 2.76. The van der Waals surface area contributed by atoms with Gasteiger partial charge in [-0.2, -0.15) is 0 Å². The van der Waals surface area contributed by atoms with Crippen molar-refractivity contribution >= 4 is 0 Å². The van der Waals surface area contributed by atoms with Crippen molar-refractivity contribution in [3.8, 4) is 0 Å². The lowest BCUT2D eigenvalue weighted by Crippen LogP contribution is -2.32. The van der Waals surface area contributed by atoms with Gasteiger partial charge in [0.2, 0.25) is 0 Å². The van der Waals surface area contributed by atoms with E-state index >= 15 is 0 Å². The zero-order valence-corrected chi connectivity index (χ0v) is 8.43. The van der Waals surface area contributed by atoms with Crippen LogP contribution in [0.4, 0.5) is 0 Å². The summed E-state index contributed by atoms with van der Waals surface area (Å²) in [5, 5.41) is 3.24. The highest BCUT2D eigenvalue weighted by Crippen LogP contribution is 1.93. The third-order valence-corrected chi connectivity index (χ3v) is 1.53. The Kier molecular flexibility index (Phi) is 8.88. The van der Waals surface area contributed by atoms with Crippen LogP contribution in [-0.4, -0.2) is 39.5 Å². The van der Waals surface area contributed by atoms with E-state index in [1.54, 1.807) is 7.11 Å². The van der Waals surface area contributed by atoms with Crippen molar-refractivity contribution in [2.75, 3.05) is 33.4 Å². The Morgan fingerprint density at radius 1 is 1.33 bits per heavy atom. The van der Waals surface area contributed by atoms with Gasteiger partial charge in [0.25, 0.3) is 0 Å². The van der Waals surface area contributed by atoms with Crippen LogP contribution in [0.3, 0.4) is 0 Å². The van der Waals surface area contributed by atoms with Crippen molar-refractivity contribution in [2.45, 2.75) is 26.4 Å². The van der Waals surface area contributed by atoms with Gasteiger partial charge in [-0.25, -0.2) is 0 Å². The molecule has 0 fully saturated rings. The number of nitrogens with one attached hydrogen (secondary N) is 1. The van der Waals surface area contributed by atoms with Gasteiger partial charge >= 0.3 is 0 Å². The predicted octanol–water partition coefficient (Wildman–Crippen LogP) is 1.04. The quantitative estimate of drug-likeness (QED) is 0.598. The largest absolute Gasteiger partial charge is 0.382 e. The topological polar surface area (TPSA) is 30.5 Å². The Morgan fingerprint density at radius 2 is 2.08 bits per heavy atom. The molecule has 0 aromatic carbocycles. The fraction of sp³-hybridized carbons (Fsp3) is 1.00. The van der Waals surface area contributed by atoms with E-state index in [9.17, 15) is 0 Å². The lowest BCUT2D eigenvalue weighted by molar-refractivity contribution is -0.000349. The first-order valence-electron chi connectivity index (χ1n) is 4.66. The molecule has 0 rings (SSSR count). The minimum atomic E-state index is 0.204. The SMILES string of the molecule is CCCOC(CNCC)COC. The predicted molar refractivity (Wildman–Crippen MR) is 50.5 cm³/mol. The molecule has 0 saturated heterocycles. The third-order valence-electron chi connectivity index (χ3n) is 1.53. The minimum absolute atomic E-state index is 0.204. The molecule has 1 N–H and O–H groups in total. The van der Waals surface area contributed by atoms with Crippen LogP contribution in [0.5, 0.6) is 0 Å². The number of hydrogen-bond donors (Lipinski definition) is 1. The van der Waals surface area contributed by atoms with Crippen LogP contribution in [0.15, 0.2) is 0 Å². The van der Waals surface area contributed by atoms with Crippen LogP contribution in [0, 0.1) is 0 Å². The number of likely N-dealkylation sites (N-methyl/N-ethyl adjacent to an activating group) is 1. The summed E-state index contributed by atoms with van der Waals surface area (Å²) in [6.07, 6.45) is 1.27. The highest BCUT2D eigenvalue weighted by molar-refractivity contribution is 4.59. The molecule has 74 valence electrons. The molecular weight excluding hydrogens is 154 g/mol. The Morgan fingerprint density at radius 3 is 2.58 bits per heavy atom. The van der Waals surface area contributed by atoms with Gasteiger partial charge in [0, 0.05) is 20.3 Å². The van der Waals surface area contributed by atoms with Gasteiger partial charge in [-0.1, -0.05) is 13.8 Å². The van der Waals surface area contributed by atoms with Gasteiger partial charge in [-0.15, -0.1) is 0 Å². The van der Waals surface area contributed by atoms with Crippen molar-refractivity contribution in [1.29, 1.82) is 0 Å². The standard InChI is InChI=1S/C9H21NO2/c1-4-6-12-9(8-11-3)7-10-5-2/h9-10H,4-8H2,1-3H3. The number of rotatable bonds is 8. The Bertz CT molecular complexity index is 80.6. The first kappa shape index (κ1) is 11.9. The van der Waals surface area contributed by atoms with E-state index in [0.717, 1.165) is 26.1 Å². The van der Waals surface area contributed by atoms with Crippen molar-refractivity contribution in [2.24, 2.45) is 0 Å². The summed E-state index contributed by atoms with van der Waals surface area (Å²) >= 11 is 0. The molecule has 0 bridgehead atoms. The summed E-state index contributed by atoms with van der Waals surface area (Å²) in [4.78, 5) is 0. The van der Waals surface area contributed by atoms with Gasteiger partial charge in [-0.3, -0.25) is 0 Å². The first-order chi connectivity index (χ1) is 5.85. The maximum absolute atomic E-state index is 5.55. The number of ether oxygens (including phenoxy) is 2. The second kappa shape index (κ2) is 8.97. The lowest BCUT2D eigenvalue weighted by atomic mass is 10.3. The van der Waals surface area contributed by atoms with E-state index in [-0.39, 0.29) is 6.10 Å². The van der Waals surface area contributed by atoms with Crippen molar-refractivity contribution in [3.63, 3.8) is 0 Å². The maximum atomic E-state index is 5.55. The molecule has 3 heteroatoms. The van der Waals surface area contributed by atoms with Crippen LogP contribution < -0.4 is 5.32 Å². The molecule has 0 heterocycles. The Balaban J connectivity index is 3.40. The fourth-order valence-electron chi connectivity index (χ4n) is 0.942. The van der Waals surface area contributed by atoms with Gasteiger partial charge in [-0.05, 0) is 13.0 Å². The number of methoxy groups -OCH3 is 1. The van der Waals surface area contributed by atoms with Crippen LogP contribution >= 0.6 is 0 Å². The summed E-state index contributed by atoms with van der Waals surface area (Å²) in [6.45, 7) is 7.55. The molecule has 0 radical (unpaired) electrons. The van der Waals surface area contributed by atoms with Crippen LogP contribution in [0.25, 0.3) is 0 Å². The Hall–Kier alpha value is -0.120. The van der Waals surface area contributed by atoms with E-state index in [0.29, 0.717) is 6.61 Å². The van der Waals surface area contributed by atoms with Gasteiger partial charge in [0.15, 0.2) is 0 Å². The molecule has 0 aliphatic heterocycles. The van der Waals surface area contributed by atoms with E-state index in [2.05, 4.69) is 19.2 Å². The van der Waals surface area contributed by atoms with Crippen LogP contribution in [0.1, 0.15) is 20.3 Å². The zero-order valence-electron chi connectivity index (χ0n) is 8.43. The van der Waals surface area contributed by atoms with E-state index < -0.39 is 0 Å². The highest BCUT2D eigenvalue weighted by Gasteiger charge is 2.06. The van der Waals surface area contributed by atoms with Gasteiger partial charge in [0.05, 0.1) is 12.7 Å². The monoisotopic (exact) mass is 175 g/mol. The molecule has 12 heavy (non-hydrogen) atoms. The molecule has 0 saturated carbocycles. The third kappa shape index (κ3) is 6.58. The fourth-order valence-corrected chi connectivity index (χ4v) is 0.942. The molecule has 0 aromatic heterocycles. The van der Waals surface area contributed by atoms with E-state index in [4.69, 9.17) is 9.47 Å². The van der Waals surface area contributed by atoms with Gasteiger partial charge < -0.3 is 14.8 Å². The van der Waals surface area contributed by atoms with E-state index in [1.165, 1.54) is 0 Å². The summed E-state index contributed by atoms with van der Waals surface area (Å²) < 4.78 is 10.6. The number of hydrogen-bond acceptors (Lipinski definition) is 3. The summed E-state index contributed by atoms with van der Waals surface area (Å²) in [5.41, 5.74) is 0. The van der Waals surface area contributed by atoms with Crippen LogP contribution in [0.2, 0.25) is 0 Å². The lowest BCUT2D eigenvalue weighted by Gasteiger charge is -2.16. The molecule has 3 nitrogen and oxygen atoms in total. The summed E-state index contributed by atoms with van der Waals surface area (Å²) in [5.74, 6) is 0. The molecule has 1 atom stereocenters. The normalized spacial score (nSPS) is 13.2.